The van der Waals surface area contributed by atoms with Crippen LogP contribution in [0.1, 0.15) is 35.0 Å². The zero-order valence-corrected chi connectivity index (χ0v) is 12.3. The molecule has 0 bridgehead atoms. The van der Waals surface area contributed by atoms with Crippen molar-refractivity contribution in [2.24, 2.45) is 0 Å². The molecule has 0 radical (unpaired) electrons. The summed E-state index contributed by atoms with van der Waals surface area (Å²) in [5.74, 6) is 0.997. The molecule has 1 aromatic heterocycles. The summed E-state index contributed by atoms with van der Waals surface area (Å²) >= 11 is 2.75. The molecule has 0 unspecified atom stereocenters. The molecule has 1 N–H and O–H groups in total. The average Bonchev–Trinajstić information content (AvgIpc) is 2.86. The first-order chi connectivity index (χ1) is 9.20. The van der Waals surface area contributed by atoms with E-state index in [4.69, 9.17) is 0 Å². The van der Waals surface area contributed by atoms with Gasteiger partial charge in [0.1, 0.15) is 0 Å². The first kappa shape index (κ1) is 14.1. The van der Waals surface area contributed by atoms with Crippen molar-refractivity contribution in [3.05, 3.63) is 50.6 Å². The standard InChI is InChI=1S/C14H15NO2S2/c1-2-3-8-18-11-6-4-10(5-7-11)13(16)12-9-15-14(17)19-12/h4-7,9H,2-3,8H2,1H3,(H,15,17). The Morgan fingerprint density at radius 3 is 2.63 bits per heavy atom. The molecule has 0 aliphatic carbocycles. The molecule has 0 aliphatic heterocycles. The Labute approximate surface area is 120 Å². The fourth-order valence-corrected chi connectivity index (χ4v) is 3.22. The van der Waals surface area contributed by atoms with E-state index in [-0.39, 0.29) is 10.7 Å². The molecule has 19 heavy (non-hydrogen) atoms. The smallest absolute Gasteiger partial charge is 0.305 e. The fraction of sp³-hybridized carbons (Fsp3) is 0.286. The van der Waals surface area contributed by atoms with Gasteiger partial charge >= 0.3 is 4.87 Å². The lowest BCUT2D eigenvalue weighted by atomic mass is 10.1. The number of thiazole rings is 1. The zero-order chi connectivity index (χ0) is 13.7. The first-order valence-corrected chi connectivity index (χ1v) is 7.97. The number of benzene rings is 1. The zero-order valence-electron chi connectivity index (χ0n) is 10.6. The second kappa shape index (κ2) is 6.73. The minimum Gasteiger partial charge on any atom is -0.319 e. The Morgan fingerprint density at radius 1 is 1.32 bits per heavy atom. The average molecular weight is 293 g/mol. The summed E-state index contributed by atoms with van der Waals surface area (Å²) in [5, 5.41) is 0. The highest BCUT2D eigenvalue weighted by Gasteiger charge is 2.11. The summed E-state index contributed by atoms with van der Waals surface area (Å²) in [6.45, 7) is 2.17. The summed E-state index contributed by atoms with van der Waals surface area (Å²) < 4.78 is 0. The van der Waals surface area contributed by atoms with Crippen molar-refractivity contribution in [3.8, 4) is 0 Å². The van der Waals surface area contributed by atoms with Crippen molar-refractivity contribution in [3.63, 3.8) is 0 Å². The number of ketones is 1. The highest BCUT2D eigenvalue weighted by Crippen LogP contribution is 2.21. The molecule has 0 spiro atoms. The maximum absolute atomic E-state index is 12.1. The van der Waals surface area contributed by atoms with Crippen molar-refractivity contribution in [2.75, 3.05) is 5.75 Å². The van der Waals surface area contributed by atoms with Crippen molar-refractivity contribution >= 4 is 28.9 Å². The van der Waals surface area contributed by atoms with E-state index in [0.29, 0.717) is 10.4 Å². The van der Waals surface area contributed by atoms with E-state index in [2.05, 4.69) is 11.9 Å². The van der Waals surface area contributed by atoms with E-state index in [9.17, 15) is 9.59 Å². The number of nitrogens with one attached hydrogen (secondary N) is 1. The molecule has 0 saturated heterocycles. The van der Waals surface area contributed by atoms with Crippen LogP contribution in [-0.4, -0.2) is 16.5 Å². The summed E-state index contributed by atoms with van der Waals surface area (Å²) in [7, 11) is 0. The SMILES string of the molecule is CCCCSc1ccc(C(=O)c2c[nH]c(=O)s2)cc1. The second-order valence-corrected chi connectivity index (χ2v) is 6.28. The molecule has 0 fully saturated rings. The number of carbonyl (C=O) groups is 1. The van der Waals surface area contributed by atoms with E-state index in [1.54, 1.807) is 11.8 Å². The lowest BCUT2D eigenvalue weighted by Crippen LogP contribution is -1.98. The molecule has 0 aliphatic rings. The van der Waals surface area contributed by atoms with Crippen LogP contribution in [0.5, 0.6) is 0 Å². The van der Waals surface area contributed by atoms with Crippen LogP contribution >= 0.6 is 23.1 Å². The second-order valence-electron chi connectivity index (χ2n) is 4.10. The van der Waals surface area contributed by atoms with Gasteiger partial charge in [0, 0.05) is 16.7 Å². The van der Waals surface area contributed by atoms with E-state index in [1.165, 1.54) is 23.9 Å². The van der Waals surface area contributed by atoms with Crippen molar-refractivity contribution in [2.45, 2.75) is 24.7 Å². The molecule has 3 nitrogen and oxygen atoms in total. The number of hydrogen-bond acceptors (Lipinski definition) is 4. The maximum Gasteiger partial charge on any atom is 0.305 e. The number of hydrogen-bond donors (Lipinski definition) is 1. The predicted octanol–water partition coefficient (Wildman–Crippen LogP) is 3.56. The summed E-state index contributed by atoms with van der Waals surface area (Å²) in [5.41, 5.74) is 0.620. The first-order valence-electron chi connectivity index (χ1n) is 6.17. The van der Waals surface area contributed by atoms with E-state index < -0.39 is 0 Å². The van der Waals surface area contributed by atoms with Crippen LogP contribution in [0.25, 0.3) is 0 Å². The van der Waals surface area contributed by atoms with Crippen LogP contribution < -0.4 is 4.87 Å². The summed E-state index contributed by atoms with van der Waals surface area (Å²) in [4.78, 5) is 27.0. The van der Waals surface area contributed by atoms with Crippen molar-refractivity contribution in [1.29, 1.82) is 0 Å². The van der Waals surface area contributed by atoms with Gasteiger partial charge in [0.2, 0.25) is 5.78 Å². The topological polar surface area (TPSA) is 49.9 Å². The third-order valence-corrected chi connectivity index (χ3v) is 4.56. The number of rotatable bonds is 6. The summed E-state index contributed by atoms with van der Waals surface area (Å²) in [6, 6.07) is 7.56. The summed E-state index contributed by atoms with van der Waals surface area (Å²) in [6.07, 6.45) is 3.86. The Balaban J connectivity index is 2.05. The van der Waals surface area contributed by atoms with Gasteiger partial charge in [-0.2, -0.15) is 0 Å². The maximum atomic E-state index is 12.1. The number of aromatic amines is 1. The van der Waals surface area contributed by atoms with Crippen LogP contribution in [0.3, 0.4) is 0 Å². The number of H-pyrrole nitrogens is 1. The molecule has 1 heterocycles. The van der Waals surface area contributed by atoms with Crippen molar-refractivity contribution < 1.29 is 4.79 Å². The Morgan fingerprint density at radius 2 is 2.05 bits per heavy atom. The predicted molar refractivity (Wildman–Crippen MR) is 80.4 cm³/mol. The van der Waals surface area contributed by atoms with Crippen LogP contribution in [-0.2, 0) is 0 Å². The van der Waals surface area contributed by atoms with Crippen LogP contribution in [0.4, 0.5) is 0 Å². The molecule has 2 aromatic rings. The van der Waals surface area contributed by atoms with E-state index in [0.717, 1.165) is 17.1 Å². The lowest BCUT2D eigenvalue weighted by Gasteiger charge is -2.02. The Bertz CT molecular complexity index is 598. The largest absolute Gasteiger partial charge is 0.319 e. The van der Waals surface area contributed by atoms with E-state index >= 15 is 0 Å². The molecule has 2 rings (SSSR count). The minimum atomic E-state index is -0.199. The number of unbranched alkanes of at least 4 members (excludes halogenated alkanes) is 1. The molecule has 1 aromatic carbocycles. The third-order valence-electron chi connectivity index (χ3n) is 2.63. The third kappa shape index (κ3) is 3.81. The molecule has 0 amide bonds. The van der Waals surface area contributed by atoms with Gasteiger partial charge in [-0.05, 0) is 36.4 Å². The van der Waals surface area contributed by atoms with Crippen LogP contribution in [0.2, 0.25) is 0 Å². The van der Waals surface area contributed by atoms with Gasteiger partial charge in [0.25, 0.3) is 0 Å². The van der Waals surface area contributed by atoms with Gasteiger partial charge in [0.05, 0.1) is 4.88 Å². The van der Waals surface area contributed by atoms with E-state index in [1.807, 2.05) is 24.3 Å². The molecule has 0 atom stereocenters. The number of carbonyl (C=O) groups excluding carboxylic acids is 1. The molecular formula is C14H15NO2S2. The van der Waals surface area contributed by atoms with Crippen LogP contribution in [0.15, 0.2) is 40.2 Å². The molecule has 5 heteroatoms. The number of thioether (sulfide) groups is 1. The van der Waals surface area contributed by atoms with Crippen molar-refractivity contribution in [1.82, 2.24) is 4.98 Å². The normalized spacial score (nSPS) is 10.6. The van der Waals surface area contributed by atoms with Gasteiger partial charge in [-0.15, -0.1) is 11.8 Å². The Kier molecular flexibility index (Phi) is 4.99. The minimum absolute atomic E-state index is 0.103. The van der Waals surface area contributed by atoms with Gasteiger partial charge in [0.15, 0.2) is 0 Å². The van der Waals surface area contributed by atoms with Gasteiger partial charge in [-0.3, -0.25) is 9.59 Å². The van der Waals surface area contributed by atoms with Gasteiger partial charge in [-0.25, -0.2) is 0 Å². The quantitative estimate of drug-likeness (QED) is 0.503. The highest BCUT2D eigenvalue weighted by atomic mass is 32.2. The molecular weight excluding hydrogens is 278 g/mol. The van der Waals surface area contributed by atoms with Gasteiger partial charge in [-0.1, -0.05) is 24.7 Å². The number of aromatic nitrogens is 1. The Hall–Kier alpha value is -1.33. The lowest BCUT2D eigenvalue weighted by molar-refractivity contribution is 0.104. The fourth-order valence-electron chi connectivity index (χ4n) is 1.57. The van der Waals surface area contributed by atoms with Gasteiger partial charge < -0.3 is 4.98 Å². The van der Waals surface area contributed by atoms with Crippen LogP contribution in [0, 0.1) is 0 Å². The molecule has 100 valence electrons. The molecule has 0 saturated carbocycles. The monoisotopic (exact) mass is 293 g/mol. The highest BCUT2D eigenvalue weighted by molar-refractivity contribution is 7.99.